The lowest BCUT2D eigenvalue weighted by molar-refractivity contribution is 0.436. The number of fused-ring (bicyclic) bond motifs is 9. The molecule has 0 atom stereocenters. The summed E-state index contributed by atoms with van der Waals surface area (Å²) in [6.07, 6.45) is 0. The van der Waals surface area contributed by atoms with Gasteiger partial charge in [0.2, 0.25) is 6.71 Å². The highest BCUT2D eigenvalue weighted by Gasteiger charge is 2.51. The van der Waals surface area contributed by atoms with E-state index < -0.39 is 5.41 Å². The van der Waals surface area contributed by atoms with E-state index in [1.165, 1.54) is 38.6 Å². The van der Waals surface area contributed by atoms with Gasteiger partial charge in [-0.2, -0.15) is 0 Å². The van der Waals surface area contributed by atoms with Crippen molar-refractivity contribution in [1.82, 2.24) is 15.0 Å². The minimum atomic E-state index is -0.608. The summed E-state index contributed by atoms with van der Waals surface area (Å²) in [5, 5.41) is 0. The summed E-state index contributed by atoms with van der Waals surface area (Å²) in [5.74, 6) is 3.56. The van der Waals surface area contributed by atoms with Crippen LogP contribution < -0.4 is 21.1 Å². The van der Waals surface area contributed by atoms with Gasteiger partial charge in [0.1, 0.15) is 11.5 Å². The molecule has 1 aliphatic carbocycles. The number of aromatic nitrogens is 3. The first-order chi connectivity index (χ1) is 31.2. The zero-order chi connectivity index (χ0) is 41.7. The van der Waals surface area contributed by atoms with E-state index in [0.717, 1.165) is 50.4 Å². The van der Waals surface area contributed by atoms with Gasteiger partial charge in [-0.25, -0.2) is 15.0 Å². The Bertz CT molecular complexity index is 3220. The second kappa shape index (κ2) is 15.1. The van der Waals surface area contributed by atoms with Crippen molar-refractivity contribution in [2.45, 2.75) is 5.41 Å². The van der Waals surface area contributed by atoms with Gasteiger partial charge in [-0.15, -0.1) is 0 Å². The Morgan fingerprint density at radius 1 is 0.302 bits per heavy atom. The van der Waals surface area contributed by atoms with Crippen LogP contribution in [0.1, 0.15) is 22.3 Å². The highest BCUT2D eigenvalue weighted by atomic mass is 16.5. The molecule has 0 saturated heterocycles. The van der Waals surface area contributed by atoms with Gasteiger partial charge in [0.25, 0.3) is 0 Å². The van der Waals surface area contributed by atoms with Crippen LogP contribution in [0.2, 0.25) is 0 Å². The van der Waals surface area contributed by atoms with Crippen molar-refractivity contribution in [1.29, 1.82) is 0 Å². The second-order valence-electron chi connectivity index (χ2n) is 16.3. The molecule has 0 unspecified atom stereocenters. The zero-order valence-electron chi connectivity index (χ0n) is 34.3. The number of benzene rings is 9. The van der Waals surface area contributed by atoms with Crippen LogP contribution in [0.4, 0.5) is 0 Å². The van der Waals surface area contributed by atoms with Crippen LogP contribution in [0, 0.1) is 0 Å². The zero-order valence-corrected chi connectivity index (χ0v) is 34.3. The minimum Gasteiger partial charge on any atom is -0.457 e. The van der Waals surface area contributed by atoms with E-state index in [1.54, 1.807) is 0 Å². The summed E-state index contributed by atoms with van der Waals surface area (Å²) < 4.78 is 6.62. The molecule has 63 heavy (non-hydrogen) atoms. The Morgan fingerprint density at radius 2 is 0.698 bits per heavy atom. The van der Waals surface area contributed by atoms with Crippen LogP contribution in [-0.4, -0.2) is 21.7 Å². The van der Waals surface area contributed by atoms with Gasteiger partial charge in [-0.05, 0) is 51.6 Å². The molecule has 0 N–H and O–H groups in total. The van der Waals surface area contributed by atoms with Crippen LogP contribution in [-0.2, 0) is 5.41 Å². The van der Waals surface area contributed by atoms with Gasteiger partial charge in [0.15, 0.2) is 17.5 Å². The van der Waals surface area contributed by atoms with Crippen molar-refractivity contribution in [2.24, 2.45) is 0 Å². The van der Waals surface area contributed by atoms with Gasteiger partial charge in [-0.3, -0.25) is 0 Å². The minimum absolute atomic E-state index is 0.0809. The molecule has 10 aromatic rings. The summed E-state index contributed by atoms with van der Waals surface area (Å²) in [7, 11) is 0. The lowest BCUT2D eigenvalue weighted by atomic mass is 9.37. The van der Waals surface area contributed by atoms with Crippen molar-refractivity contribution in [3.63, 3.8) is 0 Å². The van der Waals surface area contributed by atoms with E-state index in [9.17, 15) is 0 Å². The molecule has 0 fully saturated rings. The van der Waals surface area contributed by atoms with E-state index in [0.29, 0.717) is 17.5 Å². The fourth-order valence-corrected chi connectivity index (χ4v) is 9.89. The van der Waals surface area contributed by atoms with Crippen LogP contribution >= 0.6 is 0 Å². The molecule has 2 aliphatic rings. The number of para-hydroxylation sites is 2. The van der Waals surface area contributed by atoms with Gasteiger partial charge in [0.05, 0.1) is 5.41 Å². The van der Waals surface area contributed by atoms with E-state index in [1.807, 2.05) is 6.07 Å². The predicted molar refractivity (Wildman–Crippen MR) is 256 cm³/mol. The van der Waals surface area contributed by atoms with Crippen molar-refractivity contribution >= 4 is 23.1 Å². The average molecular weight is 804 g/mol. The maximum Gasteiger partial charge on any atom is 0.241 e. The van der Waals surface area contributed by atoms with Crippen LogP contribution in [0.15, 0.2) is 231 Å². The number of nitrogens with zero attached hydrogens (tertiary/aromatic N) is 3. The van der Waals surface area contributed by atoms with Crippen molar-refractivity contribution in [2.75, 3.05) is 0 Å². The number of hydrogen-bond acceptors (Lipinski definition) is 4. The van der Waals surface area contributed by atoms with Crippen LogP contribution in [0.25, 0.3) is 56.4 Å². The van der Waals surface area contributed by atoms with Crippen LogP contribution in [0.5, 0.6) is 11.5 Å². The third-order valence-corrected chi connectivity index (χ3v) is 12.8. The number of hydrogen-bond donors (Lipinski definition) is 0. The third kappa shape index (κ3) is 6.12. The average Bonchev–Trinajstić information content (AvgIpc) is 3.65. The van der Waals surface area contributed by atoms with Gasteiger partial charge in [-0.1, -0.05) is 229 Å². The molecule has 0 bridgehead atoms. The molecule has 4 nitrogen and oxygen atoms in total. The normalized spacial score (nSPS) is 12.7. The molecular formula is C58H38BN3O. The van der Waals surface area contributed by atoms with Crippen molar-refractivity contribution in [3.05, 3.63) is 253 Å². The summed E-state index contributed by atoms with van der Waals surface area (Å²) >= 11 is 0. The molecule has 1 aliphatic heterocycles. The highest BCUT2D eigenvalue weighted by molar-refractivity contribution is 6.95. The summed E-state index contributed by atoms with van der Waals surface area (Å²) in [5.41, 5.74) is 15.2. The fourth-order valence-electron chi connectivity index (χ4n) is 9.89. The van der Waals surface area contributed by atoms with Crippen molar-refractivity contribution < 1.29 is 4.74 Å². The SMILES string of the molecule is c1ccc(B(c2ccccc2)c2ccc(-c3nc(-c4ccc(-c5ccccc5)cc4)nc(-c4ccc5c(c4)C4(c6ccccc6Oc6ccccc64)c4ccccc4-5)n3)cc2)cc1. The molecule has 1 spiro atoms. The quantitative estimate of drug-likeness (QED) is 0.151. The Labute approximate surface area is 367 Å². The van der Waals surface area contributed by atoms with E-state index in [4.69, 9.17) is 19.7 Å². The monoisotopic (exact) mass is 803 g/mol. The molecule has 0 amide bonds. The second-order valence-corrected chi connectivity index (χ2v) is 16.3. The maximum absolute atomic E-state index is 6.62. The summed E-state index contributed by atoms with van der Waals surface area (Å²) in [4.78, 5) is 15.8. The Morgan fingerprint density at radius 3 is 1.29 bits per heavy atom. The lowest BCUT2D eigenvalue weighted by Gasteiger charge is -2.39. The Hall–Kier alpha value is -8.15. The van der Waals surface area contributed by atoms with E-state index in [2.05, 4.69) is 224 Å². The molecule has 9 aromatic carbocycles. The smallest absolute Gasteiger partial charge is 0.241 e. The molecule has 5 heteroatoms. The molecule has 1 aromatic heterocycles. The molecule has 2 heterocycles. The predicted octanol–water partition coefficient (Wildman–Crippen LogP) is 11.5. The topological polar surface area (TPSA) is 47.9 Å². The molecule has 0 saturated carbocycles. The molecular weight excluding hydrogens is 765 g/mol. The third-order valence-electron chi connectivity index (χ3n) is 12.8. The maximum atomic E-state index is 6.62. The molecule has 12 rings (SSSR count). The number of rotatable bonds is 7. The van der Waals surface area contributed by atoms with E-state index >= 15 is 0 Å². The van der Waals surface area contributed by atoms with Gasteiger partial charge in [0, 0.05) is 27.8 Å². The summed E-state index contributed by atoms with van der Waals surface area (Å²) in [6.45, 7) is 0.0809. The van der Waals surface area contributed by atoms with Crippen molar-refractivity contribution in [3.8, 4) is 67.9 Å². The lowest BCUT2D eigenvalue weighted by Crippen LogP contribution is -2.51. The summed E-state index contributed by atoms with van der Waals surface area (Å²) in [6, 6.07) is 81.5. The Kier molecular flexibility index (Phi) is 8.79. The first kappa shape index (κ1) is 36.7. The molecule has 0 radical (unpaired) electrons. The largest absolute Gasteiger partial charge is 0.457 e. The first-order valence-electron chi connectivity index (χ1n) is 21.5. The first-order valence-corrected chi connectivity index (χ1v) is 21.5. The number of ether oxygens (including phenoxy) is 1. The van der Waals surface area contributed by atoms with Gasteiger partial charge < -0.3 is 4.74 Å². The molecule has 294 valence electrons. The van der Waals surface area contributed by atoms with Gasteiger partial charge >= 0.3 is 0 Å². The van der Waals surface area contributed by atoms with E-state index in [-0.39, 0.29) is 6.71 Å². The van der Waals surface area contributed by atoms with Crippen LogP contribution in [0.3, 0.4) is 0 Å². The fraction of sp³-hybridized carbons (Fsp3) is 0.0172. The Balaban J connectivity index is 1.03. The highest BCUT2D eigenvalue weighted by Crippen LogP contribution is 2.62. The standard InChI is InChI=1S/C58H38BN3O/c1-4-16-39(17-5-1)40-28-30-41(31-29-40)55-60-56(42-32-35-46(36-33-42)59(44-18-6-2-7-19-44)45-20-8-3-9-21-45)62-57(61-55)43-34-37-48-47-22-10-11-23-49(47)58(52(48)38-43)50-24-12-14-26-53(50)63-54-27-15-13-25-51(54)58/h1-38H.